The topological polar surface area (TPSA) is 81.3 Å². The number of aliphatic imine (C=N–C) groups is 1. The van der Waals surface area contributed by atoms with Crippen LogP contribution in [-0.2, 0) is 0 Å². The summed E-state index contributed by atoms with van der Waals surface area (Å²) in [7, 11) is 3.25. The Morgan fingerprint density at radius 3 is 2.48 bits per heavy atom. The molecule has 5 aromatic rings. The number of furan rings is 1. The van der Waals surface area contributed by atoms with Crippen LogP contribution in [0.4, 0.5) is 5.69 Å². The monoisotopic (exact) mass is 549 g/mol. The van der Waals surface area contributed by atoms with Gasteiger partial charge in [0.25, 0.3) is 0 Å². The molecule has 0 saturated heterocycles. The van der Waals surface area contributed by atoms with Crippen molar-refractivity contribution in [3.63, 3.8) is 0 Å². The number of fused-ring (bicyclic) bond motifs is 2. The molecule has 1 atom stereocenters. The molecule has 1 aliphatic heterocycles. The number of phenolic OH excluding ortho intramolecular Hbond substituents is 1. The van der Waals surface area contributed by atoms with E-state index in [1.165, 1.54) is 0 Å². The van der Waals surface area contributed by atoms with Crippen molar-refractivity contribution in [2.75, 3.05) is 14.2 Å². The van der Waals surface area contributed by atoms with E-state index in [-0.39, 0.29) is 22.5 Å². The lowest BCUT2D eigenvalue weighted by Crippen LogP contribution is -2.06. The van der Waals surface area contributed by atoms with Gasteiger partial charge in [0.15, 0.2) is 17.3 Å². The van der Waals surface area contributed by atoms with Crippen molar-refractivity contribution in [3.8, 4) is 17.2 Å². The number of ketones is 1. The Balaban J connectivity index is 1.45. The van der Waals surface area contributed by atoms with Crippen LogP contribution in [0.15, 0.2) is 99.2 Å². The number of hydrogen-bond donors (Lipinski definition) is 1. The van der Waals surface area contributed by atoms with Gasteiger partial charge in [-0.05, 0) is 42.8 Å². The van der Waals surface area contributed by atoms with E-state index in [4.69, 9.17) is 18.9 Å². The maximum atomic E-state index is 13.2. The van der Waals surface area contributed by atoms with E-state index >= 15 is 0 Å². The van der Waals surface area contributed by atoms with E-state index < -0.39 is 0 Å². The molecule has 1 aliphatic rings. The number of aromatic hydroxyl groups is 1. The van der Waals surface area contributed by atoms with E-state index in [2.05, 4.69) is 6.07 Å². The van der Waals surface area contributed by atoms with E-state index in [0.29, 0.717) is 34.6 Å². The smallest absolute Gasteiger partial charge is 0.228 e. The number of thioether (sulfide) groups is 1. The predicted octanol–water partition coefficient (Wildman–Crippen LogP) is 8.05. The molecule has 0 saturated carbocycles. The third-order valence-corrected chi connectivity index (χ3v) is 8.48. The number of hydrogen-bond acceptors (Lipinski definition) is 7. The van der Waals surface area contributed by atoms with Gasteiger partial charge >= 0.3 is 0 Å². The molecular weight excluding hydrogens is 522 g/mol. The predicted molar refractivity (Wildman–Crippen MR) is 158 cm³/mol. The van der Waals surface area contributed by atoms with Gasteiger partial charge in [-0.3, -0.25) is 9.79 Å². The second-order valence-corrected chi connectivity index (χ2v) is 10.8. The molecule has 2 heterocycles. The third-order valence-electron chi connectivity index (χ3n) is 7.16. The lowest BCUT2D eigenvalue weighted by atomic mass is 9.97. The molecule has 0 spiro atoms. The first-order chi connectivity index (χ1) is 19.5. The van der Waals surface area contributed by atoms with Gasteiger partial charge in [-0.15, -0.1) is 11.8 Å². The fourth-order valence-corrected chi connectivity index (χ4v) is 6.27. The minimum atomic E-state index is -0.194. The number of phenols is 1. The van der Waals surface area contributed by atoms with Gasteiger partial charge in [-0.25, -0.2) is 0 Å². The zero-order chi connectivity index (χ0) is 27.8. The van der Waals surface area contributed by atoms with Crippen molar-refractivity contribution < 1.29 is 23.8 Å². The zero-order valence-corrected chi connectivity index (χ0v) is 23.1. The molecule has 4 aromatic carbocycles. The molecule has 1 aromatic heterocycles. The number of aryl methyl sites for hydroxylation is 1. The average molecular weight is 550 g/mol. The molecule has 1 unspecified atom stereocenters. The molecule has 0 aliphatic carbocycles. The number of para-hydroxylation sites is 1. The lowest BCUT2D eigenvalue weighted by molar-refractivity contribution is 0.101. The van der Waals surface area contributed by atoms with Crippen LogP contribution in [0.2, 0.25) is 0 Å². The highest BCUT2D eigenvalue weighted by Gasteiger charge is 2.27. The summed E-state index contributed by atoms with van der Waals surface area (Å²) in [5.41, 5.74) is 4.99. The molecule has 1 N–H and O–H groups in total. The molecule has 40 heavy (non-hydrogen) atoms. The Bertz CT molecular complexity index is 1770. The molecule has 0 radical (unpaired) electrons. The van der Waals surface area contributed by atoms with Crippen molar-refractivity contribution in [3.05, 3.63) is 113 Å². The van der Waals surface area contributed by atoms with Crippen LogP contribution in [-0.4, -0.2) is 30.8 Å². The molecular formula is C33H27NO5S. The van der Waals surface area contributed by atoms with Gasteiger partial charge in [0.05, 0.1) is 25.6 Å². The van der Waals surface area contributed by atoms with Gasteiger partial charge in [-0.2, -0.15) is 0 Å². The quantitative estimate of drug-likeness (QED) is 0.216. The summed E-state index contributed by atoms with van der Waals surface area (Å²) in [6, 6.07) is 26.5. The second kappa shape index (κ2) is 10.6. The maximum absolute atomic E-state index is 13.2. The number of benzene rings is 4. The van der Waals surface area contributed by atoms with E-state index in [9.17, 15) is 9.90 Å². The van der Waals surface area contributed by atoms with Crippen molar-refractivity contribution in [1.82, 2.24) is 0 Å². The molecule has 6 nitrogen and oxygen atoms in total. The first-order valence-corrected chi connectivity index (χ1v) is 13.8. The summed E-state index contributed by atoms with van der Waals surface area (Å²) in [5, 5.41) is 12.0. The number of nitrogens with zero attached hydrogens (tertiary/aromatic N) is 1. The minimum absolute atomic E-state index is 0.00188. The molecule has 0 amide bonds. The van der Waals surface area contributed by atoms with E-state index in [1.54, 1.807) is 44.2 Å². The maximum Gasteiger partial charge on any atom is 0.228 e. The third kappa shape index (κ3) is 4.62. The van der Waals surface area contributed by atoms with Gasteiger partial charge in [0.2, 0.25) is 5.78 Å². The number of methoxy groups -OCH3 is 2. The summed E-state index contributed by atoms with van der Waals surface area (Å²) in [6.07, 6.45) is 0.556. The van der Waals surface area contributed by atoms with Gasteiger partial charge < -0.3 is 19.0 Å². The van der Waals surface area contributed by atoms with Crippen LogP contribution in [0.25, 0.3) is 11.0 Å². The van der Waals surface area contributed by atoms with E-state index in [1.807, 2.05) is 67.6 Å². The SMILES string of the molecule is COc1ccc(C2CC(c3cc4c(C)c(C(=O)c5ccccc5)oc4cc3O)=Nc3ccccc3S2)cc1OC. The molecule has 0 bridgehead atoms. The summed E-state index contributed by atoms with van der Waals surface area (Å²) in [6.45, 7) is 1.87. The number of rotatable bonds is 6. The van der Waals surface area contributed by atoms with Gasteiger partial charge in [-0.1, -0.05) is 48.5 Å². The summed E-state index contributed by atoms with van der Waals surface area (Å²) >= 11 is 1.72. The summed E-state index contributed by atoms with van der Waals surface area (Å²) in [5.74, 6) is 1.45. The highest BCUT2D eigenvalue weighted by Crippen LogP contribution is 2.47. The molecule has 0 fully saturated rings. The Morgan fingerprint density at radius 1 is 0.950 bits per heavy atom. The standard InChI is InChI=1S/C33H27NO5S/c1-19-22-16-23(26(35)18-28(22)39-33(19)32(36)20-9-5-4-6-10-20)25-17-31(40-30-12-8-7-11-24(30)34-25)21-13-14-27(37-2)29(15-21)38-3/h4-16,18,31,35H,17H2,1-3H3. The first kappa shape index (κ1) is 25.8. The molecule has 6 rings (SSSR count). The highest BCUT2D eigenvalue weighted by atomic mass is 32.2. The fourth-order valence-electron chi connectivity index (χ4n) is 5.04. The van der Waals surface area contributed by atoms with Crippen molar-refractivity contribution >= 4 is 39.9 Å². The summed E-state index contributed by atoms with van der Waals surface area (Å²) < 4.78 is 17.0. The Labute approximate surface area is 236 Å². The summed E-state index contributed by atoms with van der Waals surface area (Å²) in [4.78, 5) is 19.3. The Hall–Kier alpha value is -4.49. The molecule has 200 valence electrons. The van der Waals surface area contributed by atoms with Crippen LogP contribution in [0.1, 0.15) is 44.5 Å². The Kier molecular flexibility index (Phi) is 6.82. The fraction of sp³-hybridized carbons (Fsp3) is 0.152. The van der Waals surface area contributed by atoms with Crippen LogP contribution < -0.4 is 9.47 Å². The van der Waals surface area contributed by atoms with Gasteiger partial charge in [0.1, 0.15) is 11.3 Å². The lowest BCUT2D eigenvalue weighted by Gasteiger charge is -2.18. The number of ether oxygens (including phenoxy) is 2. The minimum Gasteiger partial charge on any atom is -0.507 e. The Morgan fingerprint density at radius 2 is 1.70 bits per heavy atom. The van der Waals surface area contributed by atoms with E-state index in [0.717, 1.165) is 32.8 Å². The van der Waals surface area contributed by atoms with Crippen molar-refractivity contribution in [2.24, 2.45) is 4.99 Å². The molecule has 7 heteroatoms. The van der Waals surface area contributed by atoms with Crippen molar-refractivity contribution in [2.45, 2.75) is 23.5 Å². The van der Waals surface area contributed by atoms with Gasteiger partial charge in [0, 0.05) is 44.7 Å². The first-order valence-electron chi connectivity index (χ1n) is 12.9. The van der Waals surface area contributed by atoms with Crippen LogP contribution >= 0.6 is 11.8 Å². The van der Waals surface area contributed by atoms with Crippen LogP contribution in [0, 0.1) is 6.92 Å². The second-order valence-electron chi connectivity index (χ2n) is 9.57. The normalized spacial score (nSPS) is 14.8. The van der Waals surface area contributed by atoms with Crippen LogP contribution in [0.3, 0.4) is 0 Å². The zero-order valence-electron chi connectivity index (χ0n) is 22.3. The van der Waals surface area contributed by atoms with Crippen molar-refractivity contribution in [1.29, 1.82) is 0 Å². The largest absolute Gasteiger partial charge is 0.507 e. The number of carbonyl (C=O) groups is 1. The average Bonchev–Trinajstić information content (AvgIpc) is 3.17. The highest BCUT2D eigenvalue weighted by molar-refractivity contribution is 7.99. The van der Waals surface area contributed by atoms with Crippen LogP contribution in [0.5, 0.6) is 17.2 Å². The number of carbonyl (C=O) groups excluding carboxylic acids is 1.